The molecule has 0 spiro atoms. The predicted octanol–water partition coefficient (Wildman–Crippen LogP) is 2.00. The molecular weight excluding hydrogens is 210 g/mol. The summed E-state index contributed by atoms with van der Waals surface area (Å²) in [6, 6.07) is 0. The Labute approximate surface area is 108 Å². The third-order valence-corrected chi connectivity index (χ3v) is 4.15. The number of hydrogen-bond donors (Lipinski definition) is 1. The van der Waals surface area contributed by atoms with Gasteiger partial charge in [-0.3, -0.25) is 4.90 Å². The summed E-state index contributed by atoms with van der Waals surface area (Å²) in [5.41, 5.74) is 0. The van der Waals surface area contributed by atoms with E-state index < -0.39 is 0 Å². The molecule has 1 N–H and O–H groups in total. The number of rotatable bonds is 7. The molecule has 1 fully saturated rings. The predicted molar refractivity (Wildman–Crippen MR) is 75.2 cm³/mol. The second-order valence-corrected chi connectivity index (χ2v) is 5.07. The van der Waals surface area contributed by atoms with Crippen LogP contribution in [-0.4, -0.2) is 55.2 Å². The highest BCUT2D eigenvalue weighted by Crippen LogP contribution is 2.17. The molecule has 0 aromatic heterocycles. The maximum atomic E-state index is 3.72. The van der Waals surface area contributed by atoms with Gasteiger partial charge in [0.15, 0.2) is 0 Å². The molecule has 2 unspecified atom stereocenters. The van der Waals surface area contributed by atoms with Crippen molar-refractivity contribution in [2.45, 2.75) is 46.7 Å². The average Bonchev–Trinajstić information content (AvgIpc) is 2.39. The van der Waals surface area contributed by atoms with Crippen LogP contribution in [0, 0.1) is 5.92 Å². The average molecular weight is 241 g/mol. The normalized spacial score (nSPS) is 25.8. The van der Waals surface area contributed by atoms with Crippen LogP contribution in [0.15, 0.2) is 0 Å². The molecule has 1 aliphatic rings. The molecule has 102 valence electrons. The Morgan fingerprint density at radius 3 is 2.00 bits per heavy atom. The molecule has 1 heterocycles. The van der Waals surface area contributed by atoms with Gasteiger partial charge in [0.2, 0.25) is 0 Å². The van der Waals surface area contributed by atoms with E-state index in [1.54, 1.807) is 0 Å². The lowest BCUT2D eigenvalue weighted by Crippen LogP contribution is -2.51. The quantitative estimate of drug-likeness (QED) is 0.735. The molecule has 0 aliphatic carbocycles. The Morgan fingerprint density at radius 1 is 0.941 bits per heavy atom. The van der Waals surface area contributed by atoms with Crippen molar-refractivity contribution < 1.29 is 0 Å². The van der Waals surface area contributed by atoms with Crippen LogP contribution in [0.4, 0.5) is 0 Å². The van der Waals surface area contributed by atoms with Crippen LogP contribution in [0.25, 0.3) is 0 Å². The van der Waals surface area contributed by atoms with E-state index in [4.69, 9.17) is 0 Å². The molecule has 1 saturated heterocycles. The van der Waals surface area contributed by atoms with Crippen molar-refractivity contribution in [2.75, 3.05) is 39.3 Å². The van der Waals surface area contributed by atoms with Gasteiger partial charge in [-0.1, -0.05) is 27.7 Å². The summed E-state index contributed by atoms with van der Waals surface area (Å²) in [5, 5.41) is 3.72. The Hall–Kier alpha value is -0.120. The fourth-order valence-electron chi connectivity index (χ4n) is 2.88. The Balaban J connectivity index is 2.30. The third kappa shape index (κ3) is 4.57. The first kappa shape index (κ1) is 14.9. The summed E-state index contributed by atoms with van der Waals surface area (Å²) >= 11 is 0. The van der Waals surface area contributed by atoms with Gasteiger partial charge in [0.1, 0.15) is 0 Å². The van der Waals surface area contributed by atoms with E-state index in [0.29, 0.717) is 6.17 Å². The van der Waals surface area contributed by atoms with E-state index in [9.17, 15) is 0 Å². The zero-order valence-corrected chi connectivity index (χ0v) is 12.2. The monoisotopic (exact) mass is 241 g/mol. The van der Waals surface area contributed by atoms with Crippen LogP contribution in [-0.2, 0) is 0 Å². The van der Waals surface area contributed by atoms with Gasteiger partial charge in [0, 0.05) is 13.1 Å². The van der Waals surface area contributed by atoms with Crippen LogP contribution in [0.2, 0.25) is 0 Å². The lowest BCUT2D eigenvalue weighted by atomic mass is 9.96. The van der Waals surface area contributed by atoms with Gasteiger partial charge in [0.05, 0.1) is 6.17 Å². The molecule has 0 bridgehead atoms. The molecule has 0 aromatic carbocycles. The number of hydrogen-bond acceptors (Lipinski definition) is 3. The highest BCUT2D eigenvalue weighted by molar-refractivity contribution is 4.79. The summed E-state index contributed by atoms with van der Waals surface area (Å²) in [5.74, 6) is 0.849. The smallest absolute Gasteiger partial charge is 0.0597 e. The van der Waals surface area contributed by atoms with Crippen LogP contribution in [0.3, 0.4) is 0 Å². The molecule has 0 amide bonds. The van der Waals surface area contributed by atoms with Crippen molar-refractivity contribution in [1.29, 1.82) is 0 Å². The topological polar surface area (TPSA) is 18.5 Å². The molecule has 0 radical (unpaired) electrons. The largest absolute Gasteiger partial charge is 0.304 e. The lowest BCUT2D eigenvalue weighted by molar-refractivity contribution is 0.116. The van der Waals surface area contributed by atoms with Gasteiger partial charge in [-0.15, -0.1) is 0 Å². The van der Waals surface area contributed by atoms with E-state index in [0.717, 1.165) is 19.0 Å². The van der Waals surface area contributed by atoms with Crippen molar-refractivity contribution in [2.24, 2.45) is 5.92 Å². The van der Waals surface area contributed by atoms with Crippen molar-refractivity contribution in [3.63, 3.8) is 0 Å². The summed E-state index contributed by atoms with van der Waals surface area (Å²) in [7, 11) is 0. The Morgan fingerprint density at radius 2 is 1.59 bits per heavy atom. The van der Waals surface area contributed by atoms with Crippen molar-refractivity contribution in [3.05, 3.63) is 0 Å². The SMILES string of the molecule is CCN(CC)CC1CCC(N(CC)CC)NC1. The number of nitrogens with one attached hydrogen (secondary N) is 1. The number of piperidine rings is 1. The van der Waals surface area contributed by atoms with Gasteiger partial charge in [-0.25, -0.2) is 0 Å². The van der Waals surface area contributed by atoms with E-state index >= 15 is 0 Å². The summed E-state index contributed by atoms with van der Waals surface area (Å²) in [4.78, 5) is 5.08. The minimum Gasteiger partial charge on any atom is -0.304 e. The van der Waals surface area contributed by atoms with Crippen molar-refractivity contribution >= 4 is 0 Å². The maximum Gasteiger partial charge on any atom is 0.0597 e. The van der Waals surface area contributed by atoms with Crippen LogP contribution in [0.5, 0.6) is 0 Å². The van der Waals surface area contributed by atoms with E-state index in [1.807, 2.05) is 0 Å². The van der Waals surface area contributed by atoms with Crippen LogP contribution < -0.4 is 5.32 Å². The van der Waals surface area contributed by atoms with Crippen LogP contribution in [0.1, 0.15) is 40.5 Å². The number of nitrogens with zero attached hydrogens (tertiary/aromatic N) is 2. The van der Waals surface area contributed by atoms with E-state index in [2.05, 4.69) is 42.8 Å². The first-order chi connectivity index (χ1) is 8.24. The third-order valence-electron chi connectivity index (χ3n) is 4.15. The molecule has 0 saturated carbocycles. The molecular formula is C14H31N3. The molecule has 1 rings (SSSR count). The highest BCUT2D eigenvalue weighted by Gasteiger charge is 2.24. The zero-order chi connectivity index (χ0) is 12.7. The van der Waals surface area contributed by atoms with Gasteiger partial charge in [-0.2, -0.15) is 0 Å². The molecule has 3 heteroatoms. The van der Waals surface area contributed by atoms with Gasteiger partial charge < -0.3 is 10.2 Å². The lowest BCUT2D eigenvalue weighted by Gasteiger charge is -2.38. The van der Waals surface area contributed by atoms with Crippen molar-refractivity contribution in [1.82, 2.24) is 15.1 Å². The second kappa shape index (κ2) is 8.06. The fraction of sp³-hybridized carbons (Fsp3) is 1.00. The maximum absolute atomic E-state index is 3.72. The van der Waals surface area contributed by atoms with Gasteiger partial charge in [-0.05, 0) is 44.9 Å². The van der Waals surface area contributed by atoms with Crippen molar-refractivity contribution in [3.8, 4) is 0 Å². The summed E-state index contributed by atoms with van der Waals surface area (Å²) in [6.07, 6.45) is 3.32. The highest BCUT2D eigenvalue weighted by atomic mass is 15.3. The molecule has 17 heavy (non-hydrogen) atoms. The summed E-state index contributed by atoms with van der Waals surface area (Å²) < 4.78 is 0. The minimum absolute atomic E-state index is 0.623. The standard InChI is InChI=1S/C14H31N3/c1-5-16(6-2)12-13-9-10-14(15-11-13)17(7-3)8-4/h13-15H,5-12H2,1-4H3. The van der Waals surface area contributed by atoms with Gasteiger partial charge >= 0.3 is 0 Å². The van der Waals surface area contributed by atoms with E-state index in [-0.39, 0.29) is 0 Å². The minimum atomic E-state index is 0.623. The first-order valence-electron chi connectivity index (χ1n) is 7.44. The van der Waals surface area contributed by atoms with Crippen LogP contribution >= 0.6 is 0 Å². The van der Waals surface area contributed by atoms with Gasteiger partial charge in [0.25, 0.3) is 0 Å². The molecule has 0 aromatic rings. The Bertz CT molecular complexity index is 180. The molecule has 1 aliphatic heterocycles. The first-order valence-corrected chi connectivity index (χ1v) is 7.44. The Kier molecular flexibility index (Phi) is 7.09. The molecule has 2 atom stereocenters. The second-order valence-electron chi connectivity index (χ2n) is 5.07. The van der Waals surface area contributed by atoms with E-state index in [1.165, 1.54) is 39.0 Å². The molecule has 3 nitrogen and oxygen atoms in total. The fourth-order valence-corrected chi connectivity index (χ4v) is 2.88. The zero-order valence-electron chi connectivity index (χ0n) is 12.2. The summed E-state index contributed by atoms with van der Waals surface area (Å²) in [6.45, 7) is 16.2.